The van der Waals surface area contributed by atoms with Gasteiger partial charge in [0.25, 0.3) is 5.91 Å². The molecule has 3 rings (SSSR count). The zero-order valence-electron chi connectivity index (χ0n) is 14.4. The number of nitrogens with one attached hydrogen (secondary N) is 1. The van der Waals surface area contributed by atoms with Crippen LogP contribution >= 0.6 is 0 Å². The standard InChI is InChI=1S/C21H22N2O2/c1-16-12-13-18-10-5-11-19(21(18)23-16)25-15-20(24)22-14-6-9-17-7-3-2-4-8-17/h2-5,7-8,10-13H,6,9,14-15H2,1H3,(H,22,24). The Morgan fingerprint density at radius 2 is 1.88 bits per heavy atom. The SMILES string of the molecule is Cc1ccc2cccc(OCC(=O)NCCCc3ccccc3)c2n1. The van der Waals surface area contributed by atoms with Crippen LogP contribution in [0.4, 0.5) is 0 Å². The number of carbonyl (C=O) groups is 1. The maximum atomic E-state index is 12.0. The average molecular weight is 334 g/mol. The summed E-state index contributed by atoms with van der Waals surface area (Å²) in [6.45, 7) is 2.58. The van der Waals surface area contributed by atoms with Crippen molar-refractivity contribution in [3.05, 3.63) is 71.9 Å². The van der Waals surface area contributed by atoms with Crippen molar-refractivity contribution >= 4 is 16.8 Å². The van der Waals surface area contributed by atoms with Gasteiger partial charge in [0.2, 0.25) is 0 Å². The predicted octanol–water partition coefficient (Wildman–Crippen LogP) is 3.67. The summed E-state index contributed by atoms with van der Waals surface area (Å²) in [6, 6.07) is 20.0. The number of para-hydroxylation sites is 1. The van der Waals surface area contributed by atoms with Crippen molar-refractivity contribution in [3.63, 3.8) is 0 Å². The third kappa shape index (κ3) is 4.80. The van der Waals surface area contributed by atoms with Crippen LogP contribution in [0.2, 0.25) is 0 Å². The molecule has 1 N–H and O–H groups in total. The minimum absolute atomic E-state index is 0.0000716. The van der Waals surface area contributed by atoms with Crippen molar-refractivity contribution in [1.29, 1.82) is 0 Å². The number of aryl methyl sites for hydroxylation is 2. The van der Waals surface area contributed by atoms with Gasteiger partial charge >= 0.3 is 0 Å². The zero-order chi connectivity index (χ0) is 17.5. The van der Waals surface area contributed by atoms with Crippen LogP contribution < -0.4 is 10.1 Å². The highest BCUT2D eigenvalue weighted by molar-refractivity contribution is 5.85. The molecule has 0 aliphatic rings. The van der Waals surface area contributed by atoms with Crippen molar-refractivity contribution in [2.24, 2.45) is 0 Å². The van der Waals surface area contributed by atoms with Gasteiger partial charge in [0, 0.05) is 17.6 Å². The van der Waals surface area contributed by atoms with E-state index in [1.807, 2.05) is 55.5 Å². The fourth-order valence-corrected chi connectivity index (χ4v) is 2.69. The van der Waals surface area contributed by atoms with E-state index in [0.29, 0.717) is 12.3 Å². The summed E-state index contributed by atoms with van der Waals surface area (Å²) < 4.78 is 5.68. The first kappa shape index (κ1) is 17.0. The quantitative estimate of drug-likeness (QED) is 0.671. The van der Waals surface area contributed by atoms with Crippen LogP contribution in [-0.4, -0.2) is 24.0 Å². The van der Waals surface area contributed by atoms with Gasteiger partial charge in [-0.15, -0.1) is 0 Å². The number of pyridine rings is 1. The Labute approximate surface area is 147 Å². The minimum Gasteiger partial charge on any atom is -0.481 e. The number of benzene rings is 2. The highest BCUT2D eigenvalue weighted by atomic mass is 16.5. The molecule has 0 saturated carbocycles. The summed E-state index contributed by atoms with van der Waals surface area (Å²) >= 11 is 0. The topological polar surface area (TPSA) is 51.2 Å². The summed E-state index contributed by atoms with van der Waals surface area (Å²) in [6.07, 6.45) is 1.86. The van der Waals surface area contributed by atoms with Gasteiger partial charge in [-0.1, -0.05) is 48.5 Å². The summed E-state index contributed by atoms with van der Waals surface area (Å²) in [4.78, 5) is 16.5. The van der Waals surface area contributed by atoms with E-state index >= 15 is 0 Å². The van der Waals surface area contributed by atoms with E-state index in [9.17, 15) is 4.79 Å². The van der Waals surface area contributed by atoms with Gasteiger partial charge in [-0.3, -0.25) is 4.79 Å². The number of carbonyl (C=O) groups excluding carboxylic acids is 1. The molecule has 2 aromatic carbocycles. The second kappa shape index (κ2) is 8.29. The molecule has 4 nitrogen and oxygen atoms in total. The number of aromatic nitrogens is 1. The Bertz CT molecular complexity index is 847. The van der Waals surface area contributed by atoms with Crippen LogP contribution in [0.5, 0.6) is 5.75 Å². The Balaban J connectivity index is 1.47. The molecule has 0 atom stereocenters. The summed E-state index contributed by atoms with van der Waals surface area (Å²) in [5.74, 6) is 0.526. The van der Waals surface area contributed by atoms with Gasteiger partial charge in [-0.05, 0) is 37.5 Å². The number of hydrogen-bond donors (Lipinski definition) is 1. The van der Waals surface area contributed by atoms with Gasteiger partial charge in [-0.25, -0.2) is 4.98 Å². The second-order valence-corrected chi connectivity index (χ2v) is 6.01. The molecule has 0 aliphatic carbocycles. The minimum atomic E-state index is -0.113. The molecular formula is C21H22N2O2. The third-order valence-corrected chi connectivity index (χ3v) is 3.99. The molecular weight excluding hydrogens is 312 g/mol. The first-order valence-electron chi connectivity index (χ1n) is 8.52. The molecule has 3 aromatic rings. The fourth-order valence-electron chi connectivity index (χ4n) is 2.69. The maximum Gasteiger partial charge on any atom is 0.257 e. The molecule has 0 unspecified atom stereocenters. The van der Waals surface area contributed by atoms with Gasteiger partial charge in [0.15, 0.2) is 6.61 Å². The molecule has 0 fully saturated rings. The van der Waals surface area contributed by atoms with Crippen molar-refractivity contribution in [2.75, 3.05) is 13.2 Å². The summed E-state index contributed by atoms with van der Waals surface area (Å²) in [5.41, 5.74) is 3.00. The lowest BCUT2D eigenvalue weighted by Crippen LogP contribution is -2.30. The summed E-state index contributed by atoms with van der Waals surface area (Å²) in [5, 5.41) is 3.90. The summed E-state index contributed by atoms with van der Waals surface area (Å²) in [7, 11) is 0. The first-order chi connectivity index (χ1) is 12.2. The Morgan fingerprint density at radius 1 is 1.04 bits per heavy atom. The van der Waals surface area contributed by atoms with Crippen molar-refractivity contribution in [3.8, 4) is 5.75 Å². The molecule has 4 heteroatoms. The van der Waals surface area contributed by atoms with Crippen molar-refractivity contribution in [1.82, 2.24) is 10.3 Å². The Morgan fingerprint density at radius 3 is 2.72 bits per heavy atom. The molecule has 0 saturated heterocycles. The van der Waals surface area contributed by atoms with E-state index < -0.39 is 0 Å². The zero-order valence-corrected chi connectivity index (χ0v) is 14.4. The molecule has 0 spiro atoms. The van der Waals surface area contributed by atoms with E-state index in [1.54, 1.807) is 0 Å². The molecule has 1 amide bonds. The van der Waals surface area contributed by atoms with Crippen LogP contribution in [0, 0.1) is 6.92 Å². The highest BCUT2D eigenvalue weighted by Crippen LogP contribution is 2.23. The third-order valence-electron chi connectivity index (χ3n) is 3.99. The lowest BCUT2D eigenvalue weighted by Gasteiger charge is -2.10. The monoisotopic (exact) mass is 334 g/mol. The highest BCUT2D eigenvalue weighted by Gasteiger charge is 2.07. The predicted molar refractivity (Wildman–Crippen MR) is 99.7 cm³/mol. The Kier molecular flexibility index (Phi) is 5.62. The van der Waals surface area contributed by atoms with Crippen LogP contribution in [0.15, 0.2) is 60.7 Å². The second-order valence-electron chi connectivity index (χ2n) is 6.01. The van der Waals surface area contributed by atoms with Crippen LogP contribution in [0.3, 0.4) is 0 Å². The van der Waals surface area contributed by atoms with Crippen molar-refractivity contribution < 1.29 is 9.53 Å². The normalized spacial score (nSPS) is 10.6. The van der Waals surface area contributed by atoms with E-state index in [2.05, 4.69) is 22.4 Å². The van der Waals surface area contributed by atoms with E-state index in [1.165, 1.54) is 5.56 Å². The van der Waals surface area contributed by atoms with Crippen LogP contribution in [-0.2, 0) is 11.2 Å². The van der Waals surface area contributed by atoms with E-state index in [0.717, 1.165) is 29.4 Å². The largest absolute Gasteiger partial charge is 0.481 e. The molecule has 0 aliphatic heterocycles. The first-order valence-corrected chi connectivity index (χ1v) is 8.52. The molecule has 1 aromatic heterocycles. The van der Waals surface area contributed by atoms with Gasteiger partial charge in [-0.2, -0.15) is 0 Å². The number of rotatable bonds is 7. The van der Waals surface area contributed by atoms with E-state index in [4.69, 9.17) is 4.74 Å². The van der Waals surface area contributed by atoms with Crippen molar-refractivity contribution in [2.45, 2.75) is 19.8 Å². The Hall–Kier alpha value is -2.88. The number of nitrogens with zero attached hydrogens (tertiary/aromatic N) is 1. The molecule has 128 valence electrons. The molecule has 0 radical (unpaired) electrons. The van der Waals surface area contributed by atoms with Crippen LogP contribution in [0.25, 0.3) is 10.9 Å². The molecule has 0 bridgehead atoms. The number of amides is 1. The smallest absolute Gasteiger partial charge is 0.257 e. The molecule has 1 heterocycles. The number of fused-ring (bicyclic) bond motifs is 1. The van der Waals surface area contributed by atoms with Crippen LogP contribution in [0.1, 0.15) is 17.7 Å². The lowest BCUT2D eigenvalue weighted by atomic mass is 10.1. The van der Waals surface area contributed by atoms with Gasteiger partial charge < -0.3 is 10.1 Å². The number of ether oxygens (including phenoxy) is 1. The average Bonchev–Trinajstić information content (AvgIpc) is 2.64. The lowest BCUT2D eigenvalue weighted by molar-refractivity contribution is -0.123. The maximum absolute atomic E-state index is 12.0. The van der Waals surface area contributed by atoms with E-state index in [-0.39, 0.29) is 12.5 Å². The van der Waals surface area contributed by atoms with Gasteiger partial charge in [0.05, 0.1) is 0 Å². The number of hydrogen-bond acceptors (Lipinski definition) is 3. The molecule has 25 heavy (non-hydrogen) atoms. The fraction of sp³-hybridized carbons (Fsp3) is 0.238. The van der Waals surface area contributed by atoms with Gasteiger partial charge in [0.1, 0.15) is 11.3 Å².